The van der Waals surface area contributed by atoms with Crippen molar-refractivity contribution < 1.29 is 14.6 Å². The van der Waals surface area contributed by atoms with Gasteiger partial charge in [-0.25, -0.2) is 0 Å². The van der Waals surface area contributed by atoms with Gasteiger partial charge in [-0.3, -0.25) is 4.98 Å². The van der Waals surface area contributed by atoms with Crippen LogP contribution >= 0.6 is 0 Å². The van der Waals surface area contributed by atoms with Gasteiger partial charge in [0.15, 0.2) is 0 Å². The second-order valence-corrected chi connectivity index (χ2v) is 3.50. The highest BCUT2D eigenvalue weighted by molar-refractivity contribution is 5.43. The first kappa shape index (κ1) is 12.9. The van der Waals surface area contributed by atoms with Gasteiger partial charge in [0, 0.05) is 31.0 Å². The van der Waals surface area contributed by atoms with Crippen molar-refractivity contribution >= 4 is 0 Å². The summed E-state index contributed by atoms with van der Waals surface area (Å²) in [5.41, 5.74) is 7.66. The normalized spacial score (nSPS) is 12.6. The SMILES string of the molecule is COCc1cnc(C)c(OC)c1[C@@H](O)CN. The predicted molar refractivity (Wildman–Crippen MR) is 60.3 cm³/mol. The summed E-state index contributed by atoms with van der Waals surface area (Å²) in [7, 11) is 3.14. The van der Waals surface area contributed by atoms with Crippen molar-refractivity contribution in [1.29, 1.82) is 0 Å². The second-order valence-electron chi connectivity index (χ2n) is 3.50. The van der Waals surface area contributed by atoms with Crippen molar-refractivity contribution in [1.82, 2.24) is 4.98 Å². The Kier molecular flexibility index (Phi) is 4.67. The summed E-state index contributed by atoms with van der Waals surface area (Å²) in [6.07, 6.45) is 0.914. The molecule has 5 heteroatoms. The number of pyridine rings is 1. The zero-order valence-corrected chi connectivity index (χ0v) is 9.86. The van der Waals surface area contributed by atoms with Gasteiger partial charge in [0.05, 0.1) is 25.5 Å². The summed E-state index contributed by atoms with van der Waals surface area (Å²) in [4.78, 5) is 4.19. The molecule has 0 aliphatic carbocycles. The number of ether oxygens (including phenoxy) is 2. The van der Waals surface area contributed by atoms with Crippen molar-refractivity contribution in [2.75, 3.05) is 20.8 Å². The molecular formula is C11H18N2O3. The molecule has 5 nitrogen and oxygen atoms in total. The molecule has 0 aromatic carbocycles. The number of rotatable bonds is 5. The molecule has 0 aliphatic rings. The van der Waals surface area contributed by atoms with E-state index in [1.54, 1.807) is 20.4 Å². The molecule has 1 heterocycles. The Morgan fingerprint density at radius 3 is 2.69 bits per heavy atom. The minimum atomic E-state index is -0.762. The van der Waals surface area contributed by atoms with Gasteiger partial charge < -0.3 is 20.3 Å². The maximum absolute atomic E-state index is 9.88. The smallest absolute Gasteiger partial charge is 0.146 e. The van der Waals surface area contributed by atoms with Crippen LogP contribution in [-0.2, 0) is 11.3 Å². The molecule has 0 amide bonds. The van der Waals surface area contributed by atoms with Crippen LogP contribution in [0.4, 0.5) is 0 Å². The van der Waals surface area contributed by atoms with E-state index in [-0.39, 0.29) is 6.54 Å². The van der Waals surface area contributed by atoms with Crippen LogP contribution < -0.4 is 10.5 Å². The highest BCUT2D eigenvalue weighted by atomic mass is 16.5. The van der Waals surface area contributed by atoms with E-state index in [1.807, 2.05) is 6.92 Å². The molecule has 0 radical (unpaired) electrons. The average molecular weight is 226 g/mol. The summed E-state index contributed by atoms with van der Waals surface area (Å²) in [6.45, 7) is 2.33. The van der Waals surface area contributed by atoms with Gasteiger partial charge in [-0.05, 0) is 6.92 Å². The van der Waals surface area contributed by atoms with E-state index >= 15 is 0 Å². The number of aromatic nitrogens is 1. The lowest BCUT2D eigenvalue weighted by Crippen LogP contribution is -2.16. The molecule has 0 saturated heterocycles. The van der Waals surface area contributed by atoms with Crippen molar-refractivity contribution in [3.63, 3.8) is 0 Å². The van der Waals surface area contributed by atoms with Crippen LogP contribution in [-0.4, -0.2) is 30.9 Å². The van der Waals surface area contributed by atoms with Crippen molar-refractivity contribution in [2.45, 2.75) is 19.6 Å². The Balaban J connectivity index is 3.28. The Labute approximate surface area is 95.2 Å². The molecular weight excluding hydrogens is 208 g/mol. The zero-order chi connectivity index (χ0) is 12.1. The lowest BCUT2D eigenvalue weighted by molar-refractivity contribution is 0.162. The molecule has 3 N–H and O–H groups in total. The maximum Gasteiger partial charge on any atom is 0.146 e. The van der Waals surface area contributed by atoms with Crippen LogP contribution in [0.2, 0.25) is 0 Å². The summed E-state index contributed by atoms with van der Waals surface area (Å²) >= 11 is 0. The largest absolute Gasteiger partial charge is 0.494 e. The molecule has 1 aromatic rings. The van der Waals surface area contributed by atoms with Crippen molar-refractivity contribution in [2.24, 2.45) is 5.73 Å². The molecule has 16 heavy (non-hydrogen) atoms. The van der Waals surface area contributed by atoms with Gasteiger partial charge in [-0.1, -0.05) is 0 Å². The molecule has 0 aliphatic heterocycles. The first-order valence-corrected chi connectivity index (χ1v) is 5.05. The number of methoxy groups -OCH3 is 2. The quantitative estimate of drug-likeness (QED) is 0.766. The van der Waals surface area contributed by atoms with E-state index in [1.165, 1.54) is 0 Å². The predicted octanol–water partition coefficient (Wildman–Crippen LogP) is 0.537. The molecule has 0 fully saturated rings. The van der Waals surface area contributed by atoms with E-state index in [4.69, 9.17) is 15.2 Å². The van der Waals surface area contributed by atoms with Gasteiger partial charge >= 0.3 is 0 Å². The molecule has 90 valence electrons. The summed E-state index contributed by atoms with van der Waals surface area (Å²) in [6, 6.07) is 0. The molecule has 1 atom stereocenters. The van der Waals surface area contributed by atoms with Crippen LogP contribution in [0.5, 0.6) is 5.75 Å². The number of hydrogen-bond acceptors (Lipinski definition) is 5. The first-order valence-electron chi connectivity index (χ1n) is 5.05. The number of aliphatic hydroxyl groups excluding tert-OH is 1. The molecule has 0 bridgehead atoms. The van der Waals surface area contributed by atoms with Gasteiger partial charge in [0.1, 0.15) is 5.75 Å². The van der Waals surface area contributed by atoms with Crippen LogP contribution in [0.3, 0.4) is 0 Å². The third-order valence-corrected chi connectivity index (χ3v) is 2.39. The lowest BCUT2D eigenvalue weighted by Gasteiger charge is -2.18. The van der Waals surface area contributed by atoms with Crippen molar-refractivity contribution in [3.8, 4) is 5.75 Å². The highest BCUT2D eigenvalue weighted by Crippen LogP contribution is 2.30. The van der Waals surface area contributed by atoms with Crippen LogP contribution in [0, 0.1) is 6.92 Å². The Bertz CT molecular complexity index is 355. The fourth-order valence-corrected chi connectivity index (χ4v) is 1.65. The Morgan fingerprint density at radius 2 is 2.19 bits per heavy atom. The third kappa shape index (κ3) is 2.49. The number of hydrogen-bond donors (Lipinski definition) is 2. The van der Waals surface area contributed by atoms with Gasteiger partial charge in [0.25, 0.3) is 0 Å². The molecule has 0 unspecified atom stereocenters. The summed E-state index contributed by atoms with van der Waals surface area (Å²) in [5.74, 6) is 0.576. The fraction of sp³-hybridized carbons (Fsp3) is 0.545. The number of nitrogens with zero attached hydrogens (tertiary/aromatic N) is 1. The summed E-state index contributed by atoms with van der Waals surface area (Å²) < 4.78 is 10.3. The number of nitrogens with two attached hydrogens (primary N) is 1. The third-order valence-electron chi connectivity index (χ3n) is 2.39. The van der Waals surface area contributed by atoms with Crippen LogP contribution in [0.1, 0.15) is 22.9 Å². The monoisotopic (exact) mass is 226 g/mol. The van der Waals surface area contributed by atoms with Gasteiger partial charge in [-0.15, -0.1) is 0 Å². The van der Waals surface area contributed by atoms with Gasteiger partial charge in [0.2, 0.25) is 0 Å². The van der Waals surface area contributed by atoms with E-state index in [9.17, 15) is 5.11 Å². The lowest BCUT2D eigenvalue weighted by atomic mass is 10.0. The topological polar surface area (TPSA) is 77.6 Å². The van der Waals surface area contributed by atoms with Gasteiger partial charge in [-0.2, -0.15) is 0 Å². The van der Waals surface area contributed by atoms with Crippen molar-refractivity contribution in [3.05, 3.63) is 23.0 Å². The van der Waals surface area contributed by atoms with E-state index in [2.05, 4.69) is 4.98 Å². The fourth-order valence-electron chi connectivity index (χ4n) is 1.65. The minimum Gasteiger partial charge on any atom is -0.494 e. The average Bonchev–Trinajstić information content (AvgIpc) is 2.30. The van der Waals surface area contributed by atoms with E-state index in [0.29, 0.717) is 17.9 Å². The van der Waals surface area contributed by atoms with Crippen LogP contribution in [0.15, 0.2) is 6.20 Å². The van der Waals surface area contributed by atoms with Crippen LogP contribution in [0.25, 0.3) is 0 Å². The minimum absolute atomic E-state index is 0.135. The molecule has 1 rings (SSSR count). The standard InChI is InChI=1S/C11H18N2O3/c1-7-11(16-3)10(9(14)4-12)8(5-13-7)6-15-2/h5,9,14H,4,6,12H2,1-3H3/t9-/m0/s1. The Hall–Kier alpha value is -1.17. The maximum atomic E-state index is 9.88. The summed E-state index contributed by atoms with van der Waals surface area (Å²) in [5, 5.41) is 9.88. The molecule has 0 spiro atoms. The molecule has 1 aromatic heterocycles. The van der Waals surface area contributed by atoms with E-state index in [0.717, 1.165) is 11.3 Å². The highest BCUT2D eigenvalue weighted by Gasteiger charge is 2.19. The zero-order valence-electron chi connectivity index (χ0n) is 9.86. The first-order chi connectivity index (χ1) is 7.65. The number of aliphatic hydroxyl groups is 1. The number of aryl methyl sites for hydroxylation is 1. The van der Waals surface area contributed by atoms with E-state index < -0.39 is 6.10 Å². The second kappa shape index (κ2) is 5.79. The Morgan fingerprint density at radius 1 is 1.50 bits per heavy atom. The molecule has 0 saturated carbocycles.